The molecular formula is C18H8F9O2S2. The maximum Gasteiger partial charge on any atom is 0.573 e. The van der Waals surface area contributed by atoms with E-state index in [2.05, 4.69) is 4.74 Å². The van der Waals surface area contributed by atoms with Crippen LogP contribution >= 0.6 is 23.5 Å². The Hall–Kier alpha value is -2.33. The standard InChI is InChI=1S/C18H8F9O2S2/c1-2-8-28-13-7-6-12(29-16(19,20)21)14(15(13)31-18(25,26)27)10-4-3-5-11(9-10)30-17(22,23)24/h1,3-5,7,9H,8H2. The molecule has 0 aliphatic rings. The Morgan fingerprint density at radius 1 is 0.968 bits per heavy atom. The number of thioether (sulfide) groups is 2. The molecular weight excluding hydrogens is 483 g/mol. The highest BCUT2D eigenvalue weighted by Crippen LogP contribution is 2.51. The molecule has 0 aliphatic carbocycles. The zero-order chi connectivity index (χ0) is 23.4. The normalized spacial score (nSPS) is 12.4. The zero-order valence-electron chi connectivity index (χ0n) is 14.7. The molecule has 0 aromatic heterocycles. The maximum atomic E-state index is 13.2. The highest BCUT2D eigenvalue weighted by atomic mass is 32.2. The van der Waals surface area contributed by atoms with Crippen LogP contribution in [0.25, 0.3) is 11.1 Å². The first kappa shape index (κ1) is 24.9. The van der Waals surface area contributed by atoms with E-state index < -0.39 is 79.9 Å². The Balaban J connectivity index is 2.76. The van der Waals surface area contributed by atoms with Gasteiger partial charge in [0, 0.05) is 16.5 Å². The number of halogens is 9. The Morgan fingerprint density at radius 2 is 1.61 bits per heavy atom. The van der Waals surface area contributed by atoms with Gasteiger partial charge in [0.15, 0.2) is 0 Å². The molecule has 0 heterocycles. The van der Waals surface area contributed by atoms with Gasteiger partial charge in [0.05, 0.1) is 4.90 Å². The molecule has 0 unspecified atom stereocenters. The molecule has 2 aromatic carbocycles. The summed E-state index contributed by atoms with van der Waals surface area (Å²) in [5.41, 5.74) is -10.9. The van der Waals surface area contributed by atoms with Crippen molar-refractivity contribution in [1.29, 1.82) is 0 Å². The predicted molar refractivity (Wildman–Crippen MR) is 95.5 cm³/mol. The summed E-state index contributed by atoms with van der Waals surface area (Å²) in [4.78, 5) is -1.35. The Kier molecular flexibility index (Phi) is 7.59. The van der Waals surface area contributed by atoms with Crippen LogP contribution in [-0.2, 0) is 0 Å². The van der Waals surface area contributed by atoms with Gasteiger partial charge in [0.25, 0.3) is 0 Å². The Labute approximate surface area is 178 Å². The van der Waals surface area contributed by atoms with Crippen molar-refractivity contribution >= 4 is 23.5 Å². The topological polar surface area (TPSA) is 18.5 Å². The molecule has 0 fully saturated rings. The molecule has 167 valence electrons. The SMILES string of the molecule is C#CCOc1c[c]c(OC(F)(F)F)c(-c2cccc(SC(F)(F)F)c2)c1SC(F)(F)F. The fourth-order valence-electron chi connectivity index (χ4n) is 2.25. The lowest BCUT2D eigenvalue weighted by molar-refractivity contribution is -0.274. The van der Waals surface area contributed by atoms with Gasteiger partial charge in [-0.3, -0.25) is 0 Å². The predicted octanol–water partition coefficient (Wildman–Crippen LogP) is 7.29. The fourth-order valence-corrected chi connectivity index (χ4v) is 3.61. The average Bonchev–Trinajstić information content (AvgIpc) is 2.57. The third-order valence-electron chi connectivity index (χ3n) is 3.12. The summed E-state index contributed by atoms with van der Waals surface area (Å²) in [7, 11) is 0. The minimum Gasteiger partial charge on any atom is -0.480 e. The summed E-state index contributed by atoms with van der Waals surface area (Å²) in [5, 5.41) is 0. The molecule has 0 bridgehead atoms. The summed E-state index contributed by atoms with van der Waals surface area (Å²) >= 11 is -1.43. The molecule has 2 aromatic rings. The van der Waals surface area contributed by atoms with Crippen LogP contribution in [0.4, 0.5) is 39.5 Å². The first-order chi connectivity index (χ1) is 14.2. The van der Waals surface area contributed by atoms with Crippen LogP contribution in [0, 0.1) is 18.4 Å². The average molecular weight is 491 g/mol. The second-order valence-corrected chi connectivity index (χ2v) is 7.56. The highest BCUT2D eigenvalue weighted by Gasteiger charge is 2.37. The molecule has 2 rings (SSSR count). The number of hydrogen-bond donors (Lipinski definition) is 0. The Morgan fingerprint density at radius 3 is 2.16 bits per heavy atom. The minimum absolute atomic E-state index is 0.414. The van der Waals surface area contributed by atoms with Gasteiger partial charge < -0.3 is 9.47 Å². The Bertz CT molecular complexity index is 960. The lowest BCUT2D eigenvalue weighted by Gasteiger charge is -2.20. The molecule has 2 nitrogen and oxygen atoms in total. The number of ether oxygens (including phenoxy) is 2. The van der Waals surface area contributed by atoms with E-state index in [9.17, 15) is 39.5 Å². The molecule has 0 amide bonds. The van der Waals surface area contributed by atoms with Crippen LogP contribution < -0.4 is 9.47 Å². The second-order valence-electron chi connectivity index (χ2n) is 5.35. The van der Waals surface area contributed by atoms with Crippen molar-refractivity contribution in [1.82, 2.24) is 0 Å². The molecule has 0 N–H and O–H groups in total. The summed E-state index contributed by atoms with van der Waals surface area (Å²) in [6.45, 7) is -0.526. The number of rotatable bonds is 6. The smallest absolute Gasteiger partial charge is 0.480 e. The summed E-state index contributed by atoms with van der Waals surface area (Å²) in [6, 6.07) is 6.52. The fraction of sp³-hybridized carbons (Fsp3) is 0.222. The summed E-state index contributed by atoms with van der Waals surface area (Å²) < 4.78 is 125. The van der Waals surface area contributed by atoms with Crippen molar-refractivity contribution < 1.29 is 49.0 Å². The van der Waals surface area contributed by atoms with Crippen molar-refractivity contribution in [3.63, 3.8) is 0 Å². The van der Waals surface area contributed by atoms with Crippen LogP contribution in [0.3, 0.4) is 0 Å². The van der Waals surface area contributed by atoms with Gasteiger partial charge in [-0.05, 0) is 47.3 Å². The first-order valence-corrected chi connectivity index (χ1v) is 9.34. The van der Waals surface area contributed by atoms with E-state index in [0.29, 0.717) is 6.07 Å². The van der Waals surface area contributed by atoms with Gasteiger partial charge in [-0.15, -0.1) is 19.6 Å². The van der Waals surface area contributed by atoms with E-state index >= 15 is 0 Å². The van der Waals surface area contributed by atoms with Crippen LogP contribution in [-0.4, -0.2) is 24.0 Å². The summed E-state index contributed by atoms with van der Waals surface area (Å²) in [6.07, 6.45) is -0.317. The molecule has 31 heavy (non-hydrogen) atoms. The highest BCUT2D eigenvalue weighted by molar-refractivity contribution is 8.00. The molecule has 13 heteroatoms. The molecule has 0 saturated carbocycles. The van der Waals surface area contributed by atoms with E-state index in [1.807, 2.05) is 12.0 Å². The zero-order valence-corrected chi connectivity index (χ0v) is 16.3. The van der Waals surface area contributed by atoms with Crippen molar-refractivity contribution in [3.8, 4) is 35.0 Å². The van der Waals surface area contributed by atoms with E-state index in [4.69, 9.17) is 11.2 Å². The monoisotopic (exact) mass is 491 g/mol. The maximum absolute atomic E-state index is 13.2. The van der Waals surface area contributed by atoms with Crippen LogP contribution in [0.1, 0.15) is 0 Å². The quantitative estimate of drug-likeness (QED) is 0.240. The number of hydrogen-bond acceptors (Lipinski definition) is 4. The first-order valence-electron chi connectivity index (χ1n) is 7.71. The third kappa shape index (κ3) is 8.02. The van der Waals surface area contributed by atoms with E-state index in [-0.39, 0.29) is 0 Å². The van der Waals surface area contributed by atoms with Gasteiger partial charge in [0.2, 0.25) is 0 Å². The van der Waals surface area contributed by atoms with Crippen molar-refractivity contribution in [2.24, 2.45) is 0 Å². The van der Waals surface area contributed by atoms with E-state index in [0.717, 1.165) is 24.3 Å². The van der Waals surface area contributed by atoms with Gasteiger partial charge in [0.1, 0.15) is 18.1 Å². The van der Waals surface area contributed by atoms with Crippen molar-refractivity contribution in [2.45, 2.75) is 27.2 Å². The number of benzene rings is 2. The molecule has 0 spiro atoms. The number of terminal acetylenes is 1. The largest absolute Gasteiger partial charge is 0.573 e. The van der Waals surface area contributed by atoms with E-state index in [1.165, 1.54) is 0 Å². The molecule has 0 saturated heterocycles. The van der Waals surface area contributed by atoms with E-state index in [1.54, 1.807) is 0 Å². The molecule has 0 atom stereocenters. The number of alkyl halides is 9. The van der Waals surface area contributed by atoms with Gasteiger partial charge in [-0.25, -0.2) is 0 Å². The molecule has 1 radical (unpaired) electrons. The van der Waals surface area contributed by atoms with Gasteiger partial charge in [-0.2, -0.15) is 26.3 Å². The lowest BCUT2D eigenvalue weighted by atomic mass is 10.0. The van der Waals surface area contributed by atoms with Gasteiger partial charge >= 0.3 is 17.4 Å². The van der Waals surface area contributed by atoms with Crippen molar-refractivity contribution in [2.75, 3.05) is 6.61 Å². The van der Waals surface area contributed by atoms with Crippen LogP contribution in [0.15, 0.2) is 40.1 Å². The third-order valence-corrected chi connectivity index (χ3v) is 4.68. The van der Waals surface area contributed by atoms with Crippen LogP contribution in [0.5, 0.6) is 11.5 Å². The summed E-state index contributed by atoms with van der Waals surface area (Å²) in [5.74, 6) is 0.237. The lowest BCUT2D eigenvalue weighted by Crippen LogP contribution is -2.18. The minimum atomic E-state index is -5.31. The second kappa shape index (κ2) is 9.44. The molecule has 0 aliphatic heterocycles. The van der Waals surface area contributed by atoms with Crippen molar-refractivity contribution in [3.05, 3.63) is 36.4 Å². The van der Waals surface area contributed by atoms with Gasteiger partial charge in [-0.1, -0.05) is 18.1 Å². The van der Waals surface area contributed by atoms with Crippen LogP contribution in [0.2, 0.25) is 0 Å².